The number of aliphatic hydroxyl groups excluding tert-OH is 1. The Morgan fingerprint density at radius 3 is 2.64 bits per heavy atom. The van der Waals surface area contributed by atoms with Gasteiger partial charge in [0.05, 0.1) is 0 Å². The third-order valence-corrected chi connectivity index (χ3v) is 3.81. The molecule has 5 nitrogen and oxygen atoms in total. The summed E-state index contributed by atoms with van der Waals surface area (Å²) in [4.78, 5) is 11.3. The predicted molar refractivity (Wildman–Crippen MR) is 81.2 cm³/mol. The normalized spacial score (nSPS) is 24.5. The molecule has 3 atom stereocenters. The summed E-state index contributed by atoms with van der Waals surface area (Å²) >= 11 is 0. The summed E-state index contributed by atoms with van der Waals surface area (Å²) in [5.74, 6) is -1.31. The minimum absolute atomic E-state index is 0.0300. The van der Waals surface area contributed by atoms with Crippen LogP contribution in [0.2, 0.25) is 0 Å². The van der Waals surface area contributed by atoms with Gasteiger partial charge in [-0.3, -0.25) is 0 Å². The fraction of sp³-hybridized carbons (Fsp3) is 0.471. The Morgan fingerprint density at radius 1 is 1.32 bits per heavy atom. The standard InChI is InChI=1S/C17H22O5/c1-2-21-17-13(9-6-10-18)14(11-15(22-17)16(19)20)12-7-4-3-5-8-12/h3-5,7-8,11,13-14,17-18H,2,6,9-10H2,1H3,(H,19,20)/t13-,14+,17+/m1/s1. The molecule has 0 aliphatic carbocycles. The second-order valence-corrected chi connectivity index (χ2v) is 5.24. The number of hydrogen-bond donors (Lipinski definition) is 2. The summed E-state index contributed by atoms with van der Waals surface area (Å²) in [5, 5.41) is 18.4. The Bertz CT molecular complexity index is 511. The molecule has 0 radical (unpaired) electrons. The number of carbonyl (C=O) groups is 1. The van der Waals surface area contributed by atoms with Crippen LogP contribution in [-0.4, -0.2) is 35.7 Å². The van der Waals surface area contributed by atoms with Crippen LogP contribution in [0.4, 0.5) is 0 Å². The first-order chi connectivity index (χ1) is 10.7. The number of allylic oxidation sites excluding steroid dienone is 1. The second kappa shape index (κ2) is 7.96. The molecule has 0 saturated heterocycles. The van der Waals surface area contributed by atoms with E-state index in [2.05, 4.69) is 0 Å². The molecular weight excluding hydrogens is 284 g/mol. The molecule has 1 aromatic carbocycles. The highest BCUT2D eigenvalue weighted by molar-refractivity contribution is 5.84. The van der Waals surface area contributed by atoms with Gasteiger partial charge in [-0.2, -0.15) is 0 Å². The van der Waals surface area contributed by atoms with Gasteiger partial charge in [0.25, 0.3) is 0 Å². The van der Waals surface area contributed by atoms with E-state index < -0.39 is 12.3 Å². The van der Waals surface area contributed by atoms with E-state index in [4.69, 9.17) is 14.6 Å². The zero-order valence-electron chi connectivity index (χ0n) is 12.6. The average Bonchev–Trinajstić information content (AvgIpc) is 2.54. The van der Waals surface area contributed by atoms with E-state index >= 15 is 0 Å². The van der Waals surface area contributed by atoms with E-state index in [1.54, 1.807) is 6.08 Å². The molecule has 1 aromatic rings. The number of aliphatic hydroxyl groups is 1. The highest BCUT2D eigenvalue weighted by Crippen LogP contribution is 2.39. The van der Waals surface area contributed by atoms with Crippen molar-refractivity contribution in [2.45, 2.75) is 32.0 Å². The molecule has 2 N–H and O–H groups in total. The average molecular weight is 306 g/mol. The van der Waals surface area contributed by atoms with Crippen molar-refractivity contribution in [3.63, 3.8) is 0 Å². The van der Waals surface area contributed by atoms with Crippen LogP contribution in [-0.2, 0) is 14.3 Å². The number of benzene rings is 1. The Morgan fingerprint density at radius 2 is 2.05 bits per heavy atom. The molecule has 0 unspecified atom stereocenters. The van der Waals surface area contributed by atoms with Gasteiger partial charge in [-0.25, -0.2) is 4.79 Å². The molecule has 1 heterocycles. The van der Waals surface area contributed by atoms with Crippen LogP contribution < -0.4 is 0 Å². The zero-order valence-corrected chi connectivity index (χ0v) is 12.6. The van der Waals surface area contributed by atoms with Gasteiger partial charge in [-0.15, -0.1) is 0 Å². The van der Waals surface area contributed by atoms with Crippen LogP contribution in [0.1, 0.15) is 31.2 Å². The highest BCUT2D eigenvalue weighted by Gasteiger charge is 2.37. The second-order valence-electron chi connectivity index (χ2n) is 5.24. The first kappa shape index (κ1) is 16.5. The molecule has 1 aliphatic rings. The van der Waals surface area contributed by atoms with Crippen LogP contribution in [0.15, 0.2) is 42.2 Å². The topological polar surface area (TPSA) is 76.0 Å². The molecule has 2 rings (SSSR count). The van der Waals surface area contributed by atoms with Crippen molar-refractivity contribution >= 4 is 5.97 Å². The number of hydrogen-bond acceptors (Lipinski definition) is 4. The largest absolute Gasteiger partial charge is 0.475 e. The lowest BCUT2D eigenvalue weighted by Gasteiger charge is -2.36. The minimum atomic E-state index is -1.09. The Kier molecular flexibility index (Phi) is 5.98. The van der Waals surface area contributed by atoms with Crippen molar-refractivity contribution < 1.29 is 24.5 Å². The number of ether oxygens (including phenoxy) is 2. The van der Waals surface area contributed by atoms with Crippen molar-refractivity contribution in [2.75, 3.05) is 13.2 Å². The summed E-state index contributed by atoms with van der Waals surface area (Å²) in [6, 6.07) is 9.73. The van der Waals surface area contributed by atoms with Gasteiger partial charge >= 0.3 is 5.97 Å². The lowest BCUT2D eigenvalue weighted by Crippen LogP contribution is -2.36. The minimum Gasteiger partial charge on any atom is -0.475 e. The molecule has 0 saturated carbocycles. The molecule has 0 fully saturated rings. The van der Waals surface area contributed by atoms with E-state index in [1.807, 2.05) is 37.3 Å². The van der Waals surface area contributed by atoms with E-state index in [0.717, 1.165) is 5.56 Å². The third-order valence-electron chi connectivity index (χ3n) is 3.81. The van der Waals surface area contributed by atoms with E-state index in [-0.39, 0.29) is 24.2 Å². The maximum atomic E-state index is 11.3. The monoisotopic (exact) mass is 306 g/mol. The predicted octanol–water partition coefficient (Wildman–Crippen LogP) is 2.52. The van der Waals surface area contributed by atoms with Crippen molar-refractivity contribution in [3.8, 4) is 0 Å². The molecule has 120 valence electrons. The molecule has 0 aromatic heterocycles. The van der Waals surface area contributed by atoms with Crippen LogP contribution >= 0.6 is 0 Å². The molecule has 22 heavy (non-hydrogen) atoms. The maximum absolute atomic E-state index is 11.3. The first-order valence-electron chi connectivity index (χ1n) is 7.56. The summed E-state index contributed by atoms with van der Waals surface area (Å²) < 4.78 is 11.1. The molecular formula is C17H22O5. The molecule has 5 heteroatoms. The summed E-state index contributed by atoms with van der Waals surface area (Å²) in [5.41, 5.74) is 1.03. The maximum Gasteiger partial charge on any atom is 0.370 e. The van der Waals surface area contributed by atoms with Crippen molar-refractivity contribution in [3.05, 3.63) is 47.7 Å². The van der Waals surface area contributed by atoms with Gasteiger partial charge in [0.15, 0.2) is 0 Å². The van der Waals surface area contributed by atoms with E-state index in [9.17, 15) is 9.90 Å². The fourth-order valence-electron chi connectivity index (χ4n) is 2.81. The van der Waals surface area contributed by atoms with E-state index in [0.29, 0.717) is 19.4 Å². The van der Waals surface area contributed by atoms with Crippen molar-refractivity contribution in [1.29, 1.82) is 0 Å². The summed E-state index contributed by atoms with van der Waals surface area (Å²) in [7, 11) is 0. The SMILES string of the molecule is CCO[C@H]1OC(C(=O)O)=C[C@@H](c2ccccc2)[C@H]1CCCO. The van der Waals surface area contributed by atoms with Gasteiger partial charge in [0, 0.05) is 25.0 Å². The lowest BCUT2D eigenvalue weighted by molar-refractivity contribution is -0.173. The quantitative estimate of drug-likeness (QED) is 0.809. The van der Waals surface area contributed by atoms with Crippen molar-refractivity contribution in [1.82, 2.24) is 0 Å². The van der Waals surface area contributed by atoms with Crippen LogP contribution in [0.25, 0.3) is 0 Å². The Labute approximate surface area is 130 Å². The van der Waals surface area contributed by atoms with Crippen molar-refractivity contribution in [2.24, 2.45) is 5.92 Å². The summed E-state index contributed by atoms with van der Waals surface area (Å²) in [6.45, 7) is 2.38. The highest BCUT2D eigenvalue weighted by atomic mass is 16.7. The zero-order chi connectivity index (χ0) is 15.9. The molecule has 1 aliphatic heterocycles. The van der Waals surface area contributed by atoms with Gasteiger partial charge < -0.3 is 19.7 Å². The van der Waals surface area contributed by atoms with E-state index in [1.165, 1.54) is 0 Å². The fourth-order valence-corrected chi connectivity index (χ4v) is 2.81. The van der Waals surface area contributed by atoms with Gasteiger partial charge in [0.2, 0.25) is 12.0 Å². The number of aliphatic carboxylic acids is 1. The van der Waals surface area contributed by atoms with Crippen LogP contribution in [0.3, 0.4) is 0 Å². The number of rotatable bonds is 7. The molecule has 0 bridgehead atoms. The summed E-state index contributed by atoms with van der Waals surface area (Å²) in [6.07, 6.45) is 2.36. The number of carboxylic acids is 1. The molecule has 0 amide bonds. The smallest absolute Gasteiger partial charge is 0.370 e. The van der Waals surface area contributed by atoms with Gasteiger partial charge in [-0.05, 0) is 31.4 Å². The first-order valence-corrected chi connectivity index (χ1v) is 7.56. The Hall–Kier alpha value is -1.85. The van der Waals surface area contributed by atoms with Crippen LogP contribution in [0, 0.1) is 5.92 Å². The van der Waals surface area contributed by atoms with Gasteiger partial charge in [0.1, 0.15) is 0 Å². The lowest BCUT2D eigenvalue weighted by atomic mass is 9.80. The third kappa shape index (κ3) is 3.87. The number of carboxylic acid groups (broad SMARTS) is 1. The molecule has 0 spiro atoms. The van der Waals surface area contributed by atoms with Gasteiger partial charge in [-0.1, -0.05) is 30.3 Å². The Balaban J connectivity index is 2.36. The van der Waals surface area contributed by atoms with Crippen LogP contribution in [0.5, 0.6) is 0 Å².